The molecule has 0 spiro atoms. The predicted octanol–water partition coefficient (Wildman–Crippen LogP) is 2.91. The van der Waals surface area contributed by atoms with E-state index in [9.17, 15) is 22.8 Å². The summed E-state index contributed by atoms with van der Waals surface area (Å²) in [5.41, 5.74) is 2.36. The Morgan fingerprint density at radius 2 is 1.74 bits per heavy atom. The number of carbonyl (C=O) groups excluding carboxylic acids is 3. The number of hydrogen-bond donors (Lipinski definition) is 1. The number of nitrogens with zero attached hydrogens (tertiary/aromatic N) is 2. The van der Waals surface area contributed by atoms with Gasteiger partial charge in [-0.25, -0.2) is 8.42 Å². The van der Waals surface area contributed by atoms with Crippen molar-refractivity contribution in [3.63, 3.8) is 0 Å². The van der Waals surface area contributed by atoms with E-state index in [2.05, 4.69) is 5.32 Å². The Hall–Kier alpha value is -3.20. The Morgan fingerprint density at radius 3 is 2.32 bits per heavy atom. The van der Waals surface area contributed by atoms with Crippen molar-refractivity contribution in [1.82, 2.24) is 10.2 Å². The van der Waals surface area contributed by atoms with Gasteiger partial charge in [0.25, 0.3) is 0 Å². The van der Waals surface area contributed by atoms with Crippen molar-refractivity contribution in [3.05, 3.63) is 65.2 Å². The number of sulfonamides is 1. The standard InChI is InChI=1S/C25H33N3O5S/c1-6-14-26-25(31)19(3)27(16-22-11-8-7-10-18(22)2)24(30)17-28(34(5,32)33)23-13-9-12-21(15-23)20(4)29/h7-13,15,19H,6,14,16-17H2,1-5H3,(H,26,31)/t19-/m0/s1. The highest BCUT2D eigenvalue weighted by molar-refractivity contribution is 7.92. The first-order valence-corrected chi connectivity index (χ1v) is 13.0. The molecule has 0 bridgehead atoms. The molecule has 0 radical (unpaired) electrons. The molecule has 1 atom stereocenters. The van der Waals surface area contributed by atoms with Crippen molar-refractivity contribution < 1.29 is 22.8 Å². The summed E-state index contributed by atoms with van der Waals surface area (Å²) >= 11 is 0. The van der Waals surface area contributed by atoms with E-state index in [1.165, 1.54) is 24.0 Å². The van der Waals surface area contributed by atoms with Gasteiger partial charge < -0.3 is 10.2 Å². The second kappa shape index (κ2) is 11.8. The summed E-state index contributed by atoms with van der Waals surface area (Å²) in [6.07, 6.45) is 1.75. The second-order valence-corrected chi connectivity index (χ2v) is 10.2. The van der Waals surface area contributed by atoms with Gasteiger partial charge >= 0.3 is 0 Å². The van der Waals surface area contributed by atoms with Gasteiger partial charge in [-0.05, 0) is 50.5 Å². The quantitative estimate of drug-likeness (QED) is 0.491. The van der Waals surface area contributed by atoms with E-state index in [-0.39, 0.29) is 23.9 Å². The molecule has 0 aliphatic rings. The van der Waals surface area contributed by atoms with Crippen LogP contribution in [-0.2, 0) is 26.2 Å². The molecule has 2 rings (SSSR count). The molecule has 9 heteroatoms. The summed E-state index contributed by atoms with van der Waals surface area (Å²) in [5.74, 6) is -1.06. The number of anilines is 1. The van der Waals surface area contributed by atoms with Gasteiger partial charge in [0.05, 0.1) is 11.9 Å². The Morgan fingerprint density at radius 1 is 1.06 bits per heavy atom. The molecule has 0 aromatic heterocycles. The molecule has 2 amide bonds. The number of aryl methyl sites for hydroxylation is 1. The summed E-state index contributed by atoms with van der Waals surface area (Å²) < 4.78 is 26.2. The van der Waals surface area contributed by atoms with Crippen LogP contribution in [0.25, 0.3) is 0 Å². The van der Waals surface area contributed by atoms with Crippen LogP contribution in [0.4, 0.5) is 5.69 Å². The average molecular weight is 488 g/mol. The molecule has 0 aliphatic carbocycles. The summed E-state index contributed by atoms with van der Waals surface area (Å²) in [4.78, 5) is 39.4. The van der Waals surface area contributed by atoms with Gasteiger partial charge in [-0.3, -0.25) is 18.7 Å². The average Bonchev–Trinajstić information content (AvgIpc) is 2.79. The molecule has 8 nitrogen and oxygen atoms in total. The van der Waals surface area contributed by atoms with Crippen molar-refractivity contribution in [2.75, 3.05) is 23.7 Å². The SMILES string of the molecule is CCCNC(=O)[C@H](C)N(Cc1ccccc1C)C(=O)CN(c1cccc(C(C)=O)c1)S(C)(=O)=O. The van der Waals surface area contributed by atoms with Crippen LogP contribution in [0.5, 0.6) is 0 Å². The first kappa shape index (κ1) is 27.0. The number of carbonyl (C=O) groups is 3. The lowest BCUT2D eigenvalue weighted by Crippen LogP contribution is -2.51. The predicted molar refractivity (Wildman–Crippen MR) is 133 cm³/mol. The van der Waals surface area contributed by atoms with Crippen LogP contribution in [0, 0.1) is 6.92 Å². The molecule has 0 fully saturated rings. The highest BCUT2D eigenvalue weighted by Gasteiger charge is 2.30. The molecule has 0 saturated carbocycles. The van der Waals surface area contributed by atoms with E-state index in [0.29, 0.717) is 12.1 Å². The van der Waals surface area contributed by atoms with E-state index in [1.807, 2.05) is 38.1 Å². The van der Waals surface area contributed by atoms with Gasteiger partial charge in [-0.1, -0.05) is 43.3 Å². The first-order chi connectivity index (χ1) is 16.0. The minimum atomic E-state index is -3.86. The highest BCUT2D eigenvalue weighted by Crippen LogP contribution is 2.21. The fourth-order valence-corrected chi connectivity index (χ4v) is 4.28. The molecule has 2 aromatic carbocycles. The lowest BCUT2D eigenvalue weighted by Gasteiger charge is -2.32. The third kappa shape index (κ3) is 7.15. The maximum Gasteiger partial charge on any atom is 0.244 e. The fraction of sp³-hybridized carbons (Fsp3) is 0.400. The van der Waals surface area contributed by atoms with Crippen molar-refractivity contribution >= 4 is 33.3 Å². The molecule has 0 unspecified atom stereocenters. The molecule has 34 heavy (non-hydrogen) atoms. The van der Waals surface area contributed by atoms with Crippen LogP contribution in [0.1, 0.15) is 48.7 Å². The number of amides is 2. The van der Waals surface area contributed by atoms with Crippen LogP contribution in [0.15, 0.2) is 48.5 Å². The normalized spacial score (nSPS) is 12.0. The van der Waals surface area contributed by atoms with Gasteiger partial charge in [0.1, 0.15) is 12.6 Å². The van der Waals surface area contributed by atoms with Gasteiger partial charge in [-0.2, -0.15) is 0 Å². The third-order valence-electron chi connectivity index (χ3n) is 5.54. The molecule has 2 aromatic rings. The van der Waals surface area contributed by atoms with Crippen molar-refractivity contribution in [2.45, 2.75) is 46.7 Å². The summed E-state index contributed by atoms with van der Waals surface area (Å²) in [6, 6.07) is 12.8. The lowest BCUT2D eigenvalue weighted by atomic mass is 10.1. The maximum absolute atomic E-state index is 13.5. The Bertz CT molecular complexity index is 1150. The number of benzene rings is 2. The van der Waals surface area contributed by atoms with Crippen LogP contribution in [-0.4, -0.2) is 56.3 Å². The van der Waals surface area contributed by atoms with Crippen molar-refractivity contribution in [2.24, 2.45) is 0 Å². The molecule has 184 valence electrons. The Labute approximate surface area is 202 Å². The van der Waals surface area contributed by atoms with Crippen molar-refractivity contribution in [1.29, 1.82) is 0 Å². The smallest absolute Gasteiger partial charge is 0.244 e. The van der Waals surface area contributed by atoms with E-state index in [1.54, 1.807) is 19.1 Å². The van der Waals surface area contributed by atoms with Crippen LogP contribution >= 0.6 is 0 Å². The summed E-state index contributed by atoms with van der Waals surface area (Å²) in [7, 11) is -3.86. The molecular formula is C25H33N3O5S. The summed E-state index contributed by atoms with van der Waals surface area (Å²) in [5, 5.41) is 2.80. The van der Waals surface area contributed by atoms with Crippen LogP contribution < -0.4 is 9.62 Å². The van der Waals surface area contributed by atoms with E-state index in [0.717, 1.165) is 28.1 Å². The zero-order valence-corrected chi connectivity index (χ0v) is 21.2. The minimum Gasteiger partial charge on any atom is -0.354 e. The largest absolute Gasteiger partial charge is 0.354 e. The maximum atomic E-state index is 13.5. The van der Waals surface area contributed by atoms with Gasteiger partial charge in [0, 0.05) is 18.7 Å². The van der Waals surface area contributed by atoms with Gasteiger partial charge in [0.2, 0.25) is 21.8 Å². The lowest BCUT2D eigenvalue weighted by molar-refractivity contribution is -0.139. The number of nitrogens with one attached hydrogen (secondary N) is 1. The molecule has 0 heterocycles. The minimum absolute atomic E-state index is 0.150. The van der Waals surface area contributed by atoms with Crippen LogP contribution in [0.3, 0.4) is 0 Å². The van der Waals surface area contributed by atoms with E-state index >= 15 is 0 Å². The Kier molecular flexibility index (Phi) is 9.37. The summed E-state index contributed by atoms with van der Waals surface area (Å²) in [6.45, 7) is 6.98. The second-order valence-electron chi connectivity index (χ2n) is 8.29. The van der Waals surface area contributed by atoms with E-state index < -0.39 is 28.5 Å². The number of ketones is 1. The number of rotatable bonds is 11. The highest BCUT2D eigenvalue weighted by atomic mass is 32.2. The Balaban J connectivity index is 2.42. The van der Waals surface area contributed by atoms with Gasteiger partial charge in [-0.15, -0.1) is 0 Å². The molecule has 1 N–H and O–H groups in total. The topological polar surface area (TPSA) is 104 Å². The third-order valence-corrected chi connectivity index (χ3v) is 6.68. The molecule has 0 saturated heterocycles. The zero-order chi connectivity index (χ0) is 25.5. The van der Waals surface area contributed by atoms with E-state index in [4.69, 9.17) is 0 Å². The number of Topliss-reactive ketones (excluding diaryl/α,β-unsaturated/α-hetero) is 1. The monoisotopic (exact) mass is 487 g/mol. The fourth-order valence-electron chi connectivity index (χ4n) is 3.44. The molecular weight excluding hydrogens is 454 g/mol. The van der Waals surface area contributed by atoms with Crippen molar-refractivity contribution in [3.8, 4) is 0 Å². The number of hydrogen-bond acceptors (Lipinski definition) is 5. The van der Waals surface area contributed by atoms with Crippen LogP contribution in [0.2, 0.25) is 0 Å². The zero-order valence-electron chi connectivity index (χ0n) is 20.4. The van der Waals surface area contributed by atoms with Gasteiger partial charge in [0.15, 0.2) is 5.78 Å². The first-order valence-electron chi connectivity index (χ1n) is 11.2. The molecule has 0 aliphatic heterocycles.